The normalized spacial score (nSPS) is 12.2. The molecule has 6 heteroatoms. The van der Waals surface area contributed by atoms with Gasteiger partial charge in [0, 0.05) is 17.6 Å². The summed E-state index contributed by atoms with van der Waals surface area (Å²) in [4.78, 5) is 27.3. The number of amides is 2. The van der Waals surface area contributed by atoms with Gasteiger partial charge < -0.3 is 15.0 Å². The fourth-order valence-corrected chi connectivity index (χ4v) is 3.45. The molecule has 0 radical (unpaired) electrons. The van der Waals surface area contributed by atoms with Gasteiger partial charge in [0.15, 0.2) is 6.61 Å². The first-order valence-electron chi connectivity index (χ1n) is 11.2. The summed E-state index contributed by atoms with van der Waals surface area (Å²) < 4.78 is 6.74. The third-order valence-corrected chi connectivity index (χ3v) is 5.87. The molecule has 0 aromatic heterocycles. The topological polar surface area (TPSA) is 58.6 Å². The van der Waals surface area contributed by atoms with Crippen LogP contribution in [0.1, 0.15) is 58.6 Å². The van der Waals surface area contributed by atoms with Crippen molar-refractivity contribution in [3.05, 3.63) is 64.1 Å². The number of benzene rings is 2. The fraction of sp³-hybridized carbons (Fsp3) is 0.462. The minimum absolute atomic E-state index is 0.0520. The van der Waals surface area contributed by atoms with Crippen LogP contribution in [0.4, 0.5) is 0 Å². The Hall–Kier alpha value is -2.34. The summed E-state index contributed by atoms with van der Waals surface area (Å²) in [5, 5.41) is 2.93. The van der Waals surface area contributed by atoms with E-state index in [-0.39, 0.29) is 23.8 Å². The average Bonchev–Trinajstić information content (AvgIpc) is 2.76. The molecule has 0 aliphatic heterocycles. The SMILES string of the molecule is CCCCNC(=O)C(C)N(Cc1ccc(Br)cc1)C(=O)COc1ccc(C(C)(C)C)cc1. The molecule has 0 aliphatic rings. The van der Waals surface area contributed by atoms with Crippen molar-refractivity contribution >= 4 is 27.7 Å². The number of carbonyl (C=O) groups excluding carboxylic acids is 2. The molecule has 1 atom stereocenters. The summed E-state index contributed by atoms with van der Waals surface area (Å²) in [6, 6.07) is 14.9. The van der Waals surface area contributed by atoms with Crippen molar-refractivity contribution in [2.24, 2.45) is 0 Å². The molecule has 174 valence electrons. The Bertz CT molecular complexity index is 873. The molecule has 0 saturated heterocycles. The van der Waals surface area contributed by atoms with Gasteiger partial charge in [-0.25, -0.2) is 0 Å². The number of rotatable bonds is 10. The molecule has 2 rings (SSSR count). The second-order valence-electron chi connectivity index (χ2n) is 9.03. The summed E-state index contributed by atoms with van der Waals surface area (Å²) >= 11 is 3.43. The van der Waals surface area contributed by atoms with Crippen LogP contribution in [0.15, 0.2) is 53.0 Å². The largest absolute Gasteiger partial charge is 0.484 e. The van der Waals surface area contributed by atoms with Gasteiger partial charge in [0.25, 0.3) is 5.91 Å². The summed E-state index contributed by atoms with van der Waals surface area (Å²) in [6.45, 7) is 11.1. The number of hydrogen-bond donors (Lipinski definition) is 1. The molecule has 1 N–H and O–H groups in total. The van der Waals surface area contributed by atoms with E-state index in [4.69, 9.17) is 4.74 Å². The van der Waals surface area contributed by atoms with E-state index in [1.165, 1.54) is 5.56 Å². The van der Waals surface area contributed by atoms with E-state index in [0.29, 0.717) is 18.8 Å². The average molecular weight is 503 g/mol. The zero-order valence-corrected chi connectivity index (χ0v) is 21.4. The van der Waals surface area contributed by atoms with E-state index >= 15 is 0 Å². The minimum Gasteiger partial charge on any atom is -0.484 e. The fourth-order valence-electron chi connectivity index (χ4n) is 3.18. The molecule has 0 saturated carbocycles. The number of ether oxygens (including phenoxy) is 1. The smallest absolute Gasteiger partial charge is 0.261 e. The second kappa shape index (κ2) is 12.0. The van der Waals surface area contributed by atoms with E-state index in [2.05, 4.69) is 48.9 Å². The highest BCUT2D eigenvalue weighted by Gasteiger charge is 2.26. The quantitative estimate of drug-likeness (QED) is 0.438. The van der Waals surface area contributed by atoms with E-state index in [1.54, 1.807) is 11.8 Å². The number of halogens is 1. The number of carbonyl (C=O) groups is 2. The van der Waals surface area contributed by atoms with E-state index < -0.39 is 6.04 Å². The predicted molar refractivity (Wildman–Crippen MR) is 133 cm³/mol. The van der Waals surface area contributed by atoms with Crippen molar-refractivity contribution in [3.63, 3.8) is 0 Å². The predicted octanol–water partition coefficient (Wildman–Crippen LogP) is 5.46. The molecular weight excluding hydrogens is 468 g/mol. The van der Waals surface area contributed by atoms with Crippen LogP contribution >= 0.6 is 15.9 Å². The maximum atomic E-state index is 13.1. The van der Waals surface area contributed by atoms with Crippen LogP contribution in [0.25, 0.3) is 0 Å². The first-order chi connectivity index (χ1) is 15.1. The van der Waals surface area contributed by atoms with Crippen molar-refractivity contribution in [2.45, 2.75) is 65.5 Å². The van der Waals surface area contributed by atoms with E-state index in [0.717, 1.165) is 22.9 Å². The maximum absolute atomic E-state index is 13.1. The van der Waals surface area contributed by atoms with Crippen LogP contribution in [0, 0.1) is 0 Å². The van der Waals surface area contributed by atoms with Gasteiger partial charge in [-0.2, -0.15) is 0 Å². The molecule has 0 fully saturated rings. The van der Waals surface area contributed by atoms with Crippen LogP contribution in [0.5, 0.6) is 5.75 Å². The molecule has 0 heterocycles. The van der Waals surface area contributed by atoms with Gasteiger partial charge in [-0.05, 0) is 54.2 Å². The van der Waals surface area contributed by atoms with Gasteiger partial charge in [0.05, 0.1) is 0 Å². The monoisotopic (exact) mass is 502 g/mol. The van der Waals surface area contributed by atoms with Crippen LogP contribution < -0.4 is 10.1 Å². The van der Waals surface area contributed by atoms with Crippen LogP contribution in [-0.2, 0) is 21.5 Å². The number of unbranched alkanes of at least 4 members (excludes halogenated alkanes) is 1. The standard InChI is InChI=1S/C26H35BrN2O3/c1-6-7-16-28-25(31)19(2)29(17-20-8-12-22(27)13-9-20)24(30)18-32-23-14-10-21(11-15-23)26(3,4)5/h8-15,19H,6-7,16-18H2,1-5H3,(H,28,31). The van der Waals surface area contributed by atoms with Gasteiger partial charge in [0.1, 0.15) is 11.8 Å². The van der Waals surface area contributed by atoms with Crippen molar-refractivity contribution in [1.82, 2.24) is 10.2 Å². The van der Waals surface area contributed by atoms with Gasteiger partial charge in [-0.15, -0.1) is 0 Å². The molecule has 0 spiro atoms. The highest BCUT2D eigenvalue weighted by atomic mass is 79.9. The van der Waals surface area contributed by atoms with Gasteiger partial charge in [-0.3, -0.25) is 9.59 Å². The zero-order valence-electron chi connectivity index (χ0n) is 19.8. The lowest BCUT2D eigenvalue weighted by molar-refractivity contribution is -0.142. The Morgan fingerprint density at radius 1 is 1.06 bits per heavy atom. The molecule has 0 aliphatic carbocycles. The number of nitrogens with one attached hydrogen (secondary N) is 1. The van der Waals surface area contributed by atoms with Crippen LogP contribution in [-0.4, -0.2) is 35.9 Å². The lowest BCUT2D eigenvalue weighted by Gasteiger charge is -2.29. The first kappa shape index (κ1) is 25.9. The Kier molecular flexibility index (Phi) is 9.76. The van der Waals surface area contributed by atoms with Crippen LogP contribution in [0.3, 0.4) is 0 Å². The third kappa shape index (κ3) is 7.97. The second-order valence-corrected chi connectivity index (χ2v) is 9.95. The Labute approximate surface area is 200 Å². The Balaban J connectivity index is 2.09. The lowest BCUT2D eigenvalue weighted by atomic mass is 9.87. The number of nitrogens with zero attached hydrogens (tertiary/aromatic N) is 1. The summed E-state index contributed by atoms with van der Waals surface area (Å²) in [7, 11) is 0. The van der Waals surface area contributed by atoms with Crippen molar-refractivity contribution in [1.29, 1.82) is 0 Å². The molecule has 0 bridgehead atoms. The Morgan fingerprint density at radius 2 is 1.69 bits per heavy atom. The molecule has 2 aromatic carbocycles. The van der Waals surface area contributed by atoms with Gasteiger partial charge in [-0.1, -0.05) is 74.3 Å². The third-order valence-electron chi connectivity index (χ3n) is 5.35. The first-order valence-corrected chi connectivity index (χ1v) is 12.0. The van der Waals surface area contributed by atoms with E-state index in [1.807, 2.05) is 48.5 Å². The van der Waals surface area contributed by atoms with Crippen LogP contribution in [0.2, 0.25) is 0 Å². The highest BCUT2D eigenvalue weighted by molar-refractivity contribution is 9.10. The van der Waals surface area contributed by atoms with Gasteiger partial charge in [0.2, 0.25) is 5.91 Å². The highest BCUT2D eigenvalue weighted by Crippen LogP contribution is 2.24. The molecule has 2 amide bonds. The molecule has 1 unspecified atom stereocenters. The minimum atomic E-state index is -0.602. The summed E-state index contributed by atoms with van der Waals surface area (Å²) in [6.07, 6.45) is 1.91. The van der Waals surface area contributed by atoms with Crippen molar-refractivity contribution < 1.29 is 14.3 Å². The summed E-state index contributed by atoms with van der Waals surface area (Å²) in [5.74, 6) is 0.249. The van der Waals surface area contributed by atoms with E-state index in [9.17, 15) is 9.59 Å². The van der Waals surface area contributed by atoms with Crippen molar-refractivity contribution in [3.8, 4) is 5.75 Å². The Morgan fingerprint density at radius 3 is 2.25 bits per heavy atom. The molecular formula is C26H35BrN2O3. The summed E-state index contributed by atoms with van der Waals surface area (Å²) in [5.41, 5.74) is 2.20. The van der Waals surface area contributed by atoms with Gasteiger partial charge >= 0.3 is 0 Å². The zero-order chi connectivity index (χ0) is 23.7. The molecule has 32 heavy (non-hydrogen) atoms. The molecule has 2 aromatic rings. The number of hydrogen-bond acceptors (Lipinski definition) is 3. The maximum Gasteiger partial charge on any atom is 0.261 e. The van der Waals surface area contributed by atoms with Crippen molar-refractivity contribution in [2.75, 3.05) is 13.2 Å². The molecule has 5 nitrogen and oxygen atoms in total. The lowest BCUT2D eigenvalue weighted by Crippen LogP contribution is -2.49.